The molecule has 1 aliphatic rings. The van der Waals surface area contributed by atoms with Crippen molar-refractivity contribution >= 4 is 50.5 Å². The average molecular weight is 410 g/mol. The first-order valence-electron chi connectivity index (χ1n) is 9.75. The Morgan fingerprint density at radius 2 is 1.32 bits per heavy atom. The molecule has 0 fully saturated rings. The first-order chi connectivity index (χ1) is 14.9. The predicted molar refractivity (Wildman–Crippen MR) is 118 cm³/mol. The van der Waals surface area contributed by atoms with Crippen molar-refractivity contribution in [3.05, 3.63) is 83.7 Å². The molecule has 2 aromatic heterocycles. The zero-order chi connectivity index (χ0) is 21.9. The fourth-order valence-corrected chi connectivity index (χ4v) is 4.43. The molecule has 2 heterocycles. The number of carbonyl (C=O) groups excluding carboxylic acids is 2. The molecule has 0 amide bonds. The van der Waals surface area contributed by atoms with Crippen LogP contribution in [-0.2, 0) is 28.5 Å². The number of hydrogen-bond acceptors (Lipinski definition) is 3. The Hall–Kier alpha value is -4.19. The van der Waals surface area contributed by atoms with Crippen LogP contribution in [0.3, 0.4) is 0 Å². The number of carboxylic acids is 1. The zero-order valence-corrected chi connectivity index (χ0v) is 16.9. The van der Waals surface area contributed by atoms with Gasteiger partial charge in [0, 0.05) is 65.0 Å². The van der Waals surface area contributed by atoms with E-state index >= 15 is 0 Å². The molecule has 0 unspecified atom stereocenters. The van der Waals surface area contributed by atoms with Crippen molar-refractivity contribution in [3.8, 4) is 0 Å². The number of hydrogen-bond donors (Lipinski definition) is 1. The number of para-hydroxylation sites is 2. The molecule has 31 heavy (non-hydrogen) atoms. The number of aliphatic carboxylic acids is 1. The highest BCUT2D eigenvalue weighted by atomic mass is 16.4. The zero-order valence-electron chi connectivity index (χ0n) is 16.9. The molecule has 0 radical (unpaired) electrons. The Labute approximate surface area is 177 Å². The second-order valence-electron chi connectivity index (χ2n) is 7.65. The van der Waals surface area contributed by atoms with Gasteiger partial charge < -0.3 is 14.2 Å². The molecule has 6 heteroatoms. The summed E-state index contributed by atoms with van der Waals surface area (Å²) in [5.74, 6) is -3.24. The second kappa shape index (κ2) is 6.67. The number of ketones is 2. The summed E-state index contributed by atoms with van der Waals surface area (Å²) >= 11 is 0. The minimum atomic E-state index is -1.41. The lowest BCUT2D eigenvalue weighted by Gasteiger charge is -2.18. The number of carboxylic acid groups (broad SMARTS) is 1. The summed E-state index contributed by atoms with van der Waals surface area (Å²) in [5.41, 5.74) is 3.37. The van der Waals surface area contributed by atoms with E-state index in [1.165, 1.54) is 6.08 Å². The van der Waals surface area contributed by atoms with Gasteiger partial charge in [0.15, 0.2) is 0 Å². The highest BCUT2D eigenvalue weighted by molar-refractivity contribution is 6.58. The number of Topliss-reactive ketones (excluding diaryl/α,β-unsaturated/α-hetero) is 1. The van der Waals surface area contributed by atoms with Gasteiger partial charge in [-0.25, -0.2) is 4.79 Å². The molecular weight excluding hydrogens is 392 g/mol. The van der Waals surface area contributed by atoms with Crippen LogP contribution in [0.2, 0.25) is 0 Å². The molecule has 5 rings (SSSR count). The highest BCUT2D eigenvalue weighted by Gasteiger charge is 2.36. The van der Waals surface area contributed by atoms with E-state index in [0.29, 0.717) is 16.7 Å². The highest BCUT2D eigenvalue weighted by Crippen LogP contribution is 2.43. The Morgan fingerprint density at radius 3 is 1.90 bits per heavy atom. The van der Waals surface area contributed by atoms with Gasteiger partial charge in [0.2, 0.25) is 11.6 Å². The van der Waals surface area contributed by atoms with Gasteiger partial charge in [-0.15, -0.1) is 0 Å². The summed E-state index contributed by atoms with van der Waals surface area (Å²) in [4.78, 5) is 37.5. The summed E-state index contributed by atoms with van der Waals surface area (Å²) in [7, 11) is 3.76. The van der Waals surface area contributed by atoms with E-state index in [2.05, 4.69) is 0 Å². The number of benzene rings is 2. The van der Waals surface area contributed by atoms with E-state index in [4.69, 9.17) is 0 Å². The first kappa shape index (κ1) is 18.8. The number of carbonyl (C=O) groups is 3. The van der Waals surface area contributed by atoms with Gasteiger partial charge in [0.1, 0.15) is 5.57 Å². The third-order valence-corrected chi connectivity index (χ3v) is 5.81. The number of fused-ring (bicyclic) bond motifs is 2. The predicted octanol–water partition coefficient (Wildman–Crippen LogP) is 3.74. The molecule has 0 spiro atoms. The normalized spacial score (nSPS) is 14.6. The second-order valence-corrected chi connectivity index (χ2v) is 7.65. The minimum absolute atomic E-state index is 0.269. The van der Waals surface area contributed by atoms with Crippen molar-refractivity contribution in [3.63, 3.8) is 0 Å². The lowest BCUT2D eigenvalue weighted by atomic mass is 9.81. The van der Waals surface area contributed by atoms with Crippen LogP contribution in [0.5, 0.6) is 0 Å². The van der Waals surface area contributed by atoms with Gasteiger partial charge in [0.05, 0.1) is 0 Å². The molecule has 0 saturated carbocycles. The molecule has 4 aromatic rings. The Morgan fingerprint density at radius 1 is 0.806 bits per heavy atom. The van der Waals surface area contributed by atoms with Gasteiger partial charge >= 0.3 is 5.97 Å². The standard InChI is InChI=1S/C25H18N2O4/c1-26-12-17(14-7-3-5-9-19(14)26)16-11-21(28)24(29)23(25(30)31)22(16)18-13-27(2)20-10-6-4-8-15(18)20/h3-13H,1-2H3,(H,30,31). The third-order valence-electron chi connectivity index (χ3n) is 5.81. The maximum Gasteiger partial charge on any atom is 0.340 e. The van der Waals surface area contributed by atoms with Crippen LogP contribution in [0.1, 0.15) is 11.1 Å². The summed E-state index contributed by atoms with van der Waals surface area (Å²) in [6, 6.07) is 15.3. The molecule has 1 aliphatic carbocycles. The molecule has 1 N–H and O–H groups in total. The van der Waals surface area contributed by atoms with Crippen molar-refractivity contribution in [2.45, 2.75) is 0 Å². The lowest BCUT2D eigenvalue weighted by Crippen LogP contribution is -2.25. The van der Waals surface area contributed by atoms with Gasteiger partial charge in [-0.2, -0.15) is 0 Å². The number of rotatable bonds is 3. The van der Waals surface area contributed by atoms with Crippen LogP contribution in [0, 0.1) is 0 Å². The van der Waals surface area contributed by atoms with Gasteiger partial charge in [-0.1, -0.05) is 36.4 Å². The van der Waals surface area contributed by atoms with E-state index < -0.39 is 23.1 Å². The van der Waals surface area contributed by atoms with E-state index in [0.717, 1.165) is 21.8 Å². The monoisotopic (exact) mass is 410 g/mol. The van der Waals surface area contributed by atoms with Crippen LogP contribution < -0.4 is 0 Å². The Bertz CT molecular complexity index is 1510. The van der Waals surface area contributed by atoms with Crippen LogP contribution in [0.4, 0.5) is 0 Å². The van der Waals surface area contributed by atoms with E-state index in [1.807, 2.05) is 84.2 Å². The van der Waals surface area contributed by atoms with Gasteiger partial charge in [-0.3, -0.25) is 9.59 Å². The number of aromatic nitrogens is 2. The Balaban J connectivity index is 1.91. The fraction of sp³-hybridized carbons (Fsp3) is 0.0800. The van der Waals surface area contributed by atoms with Crippen molar-refractivity contribution in [1.82, 2.24) is 9.13 Å². The molecule has 0 atom stereocenters. The largest absolute Gasteiger partial charge is 0.478 e. The number of aryl methyl sites for hydroxylation is 2. The third kappa shape index (κ3) is 2.69. The van der Waals surface area contributed by atoms with E-state index in [1.54, 1.807) is 0 Å². The molecule has 0 bridgehead atoms. The molecule has 0 aliphatic heterocycles. The first-order valence-corrected chi connectivity index (χ1v) is 9.75. The summed E-state index contributed by atoms with van der Waals surface area (Å²) in [6.07, 6.45) is 4.95. The summed E-state index contributed by atoms with van der Waals surface area (Å²) < 4.78 is 3.81. The van der Waals surface area contributed by atoms with Crippen molar-refractivity contribution in [1.29, 1.82) is 0 Å². The maximum absolute atomic E-state index is 12.7. The quantitative estimate of drug-likeness (QED) is 0.317. The molecule has 2 aromatic carbocycles. The van der Waals surface area contributed by atoms with Crippen LogP contribution in [0.15, 0.2) is 72.6 Å². The van der Waals surface area contributed by atoms with Gasteiger partial charge in [0.25, 0.3) is 0 Å². The molecule has 6 nitrogen and oxygen atoms in total. The topological polar surface area (TPSA) is 81.3 Å². The van der Waals surface area contributed by atoms with Crippen LogP contribution in [-0.4, -0.2) is 31.8 Å². The minimum Gasteiger partial charge on any atom is -0.478 e. The summed E-state index contributed by atoms with van der Waals surface area (Å²) in [6.45, 7) is 0. The van der Waals surface area contributed by atoms with E-state index in [9.17, 15) is 19.5 Å². The van der Waals surface area contributed by atoms with Crippen LogP contribution >= 0.6 is 0 Å². The number of allylic oxidation sites excluding steroid dienone is 3. The van der Waals surface area contributed by atoms with E-state index in [-0.39, 0.29) is 5.57 Å². The van der Waals surface area contributed by atoms with Crippen molar-refractivity contribution in [2.24, 2.45) is 14.1 Å². The van der Waals surface area contributed by atoms with Crippen molar-refractivity contribution < 1.29 is 19.5 Å². The van der Waals surface area contributed by atoms with Crippen molar-refractivity contribution in [2.75, 3.05) is 0 Å². The van der Waals surface area contributed by atoms with Crippen LogP contribution in [0.25, 0.3) is 33.0 Å². The smallest absolute Gasteiger partial charge is 0.340 e. The summed E-state index contributed by atoms with van der Waals surface area (Å²) in [5, 5.41) is 11.6. The average Bonchev–Trinajstić information content (AvgIpc) is 3.27. The number of nitrogens with zero attached hydrogens (tertiary/aromatic N) is 2. The van der Waals surface area contributed by atoms with Gasteiger partial charge in [-0.05, 0) is 23.8 Å². The SMILES string of the molecule is Cn1cc(C2=CC(=O)C(=O)C(C(=O)O)=C2c2cn(C)c3ccccc23)c2ccccc21. The lowest BCUT2D eigenvalue weighted by molar-refractivity contribution is -0.138. The molecular formula is C25H18N2O4. The fourth-order valence-electron chi connectivity index (χ4n) is 4.43. The molecule has 152 valence electrons. The Kier molecular flexibility index (Phi) is 4.05. The maximum atomic E-state index is 12.7. The molecule has 0 saturated heterocycles.